The minimum absolute atomic E-state index is 0.122. The van der Waals surface area contributed by atoms with Gasteiger partial charge in [-0.2, -0.15) is 0 Å². The van der Waals surface area contributed by atoms with Crippen LogP contribution < -0.4 is 26.4 Å². The molecule has 0 heterocycles. The van der Waals surface area contributed by atoms with E-state index in [0.29, 0.717) is 17.1 Å². The lowest BCUT2D eigenvalue weighted by atomic mass is 9.96. The number of urea groups is 1. The molecule has 1 aromatic carbocycles. The summed E-state index contributed by atoms with van der Waals surface area (Å²) in [5.74, 6) is 0.178. The first-order valence-corrected chi connectivity index (χ1v) is 7.88. The van der Waals surface area contributed by atoms with Crippen LogP contribution in [0.2, 0.25) is 0 Å². The summed E-state index contributed by atoms with van der Waals surface area (Å²) in [7, 11) is 1.51. The van der Waals surface area contributed by atoms with Crippen molar-refractivity contribution in [2.75, 3.05) is 24.3 Å². The molecular weight excluding hydrogens is 296 g/mol. The second kappa shape index (κ2) is 8.38. The van der Waals surface area contributed by atoms with Gasteiger partial charge in [0, 0.05) is 11.7 Å². The molecule has 0 aromatic heterocycles. The molecule has 0 aliphatic heterocycles. The van der Waals surface area contributed by atoms with E-state index in [9.17, 15) is 9.59 Å². The third kappa shape index (κ3) is 5.14. The van der Waals surface area contributed by atoms with Crippen LogP contribution in [0, 0.1) is 0 Å². The summed E-state index contributed by atoms with van der Waals surface area (Å²) in [5, 5.41) is 8.41. The van der Waals surface area contributed by atoms with E-state index >= 15 is 0 Å². The Bertz CT molecular complexity index is 556. The number of hydrogen-bond donors (Lipinski definition) is 4. The molecule has 1 aliphatic rings. The van der Waals surface area contributed by atoms with Gasteiger partial charge in [-0.3, -0.25) is 4.79 Å². The Balaban J connectivity index is 1.99. The van der Waals surface area contributed by atoms with Crippen molar-refractivity contribution in [3.8, 4) is 5.75 Å². The SMILES string of the molecule is COc1ccc(NC(=O)NC2CCCCC2)cc1NC(=O)CN. The third-order valence-corrected chi connectivity index (χ3v) is 3.86. The van der Waals surface area contributed by atoms with Crippen molar-refractivity contribution in [3.05, 3.63) is 18.2 Å². The summed E-state index contributed by atoms with van der Waals surface area (Å²) in [6.45, 7) is -0.122. The Labute approximate surface area is 136 Å². The van der Waals surface area contributed by atoms with Gasteiger partial charge in [0.2, 0.25) is 5.91 Å². The first-order chi connectivity index (χ1) is 11.1. The van der Waals surface area contributed by atoms with Gasteiger partial charge in [0.15, 0.2) is 0 Å². The van der Waals surface area contributed by atoms with Gasteiger partial charge in [-0.25, -0.2) is 4.79 Å². The molecule has 1 aliphatic carbocycles. The molecule has 0 atom stereocenters. The van der Waals surface area contributed by atoms with E-state index < -0.39 is 0 Å². The molecule has 23 heavy (non-hydrogen) atoms. The van der Waals surface area contributed by atoms with E-state index in [4.69, 9.17) is 10.5 Å². The van der Waals surface area contributed by atoms with E-state index in [1.54, 1.807) is 18.2 Å². The second-order valence-corrected chi connectivity index (χ2v) is 5.60. The highest BCUT2D eigenvalue weighted by molar-refractivity contribution is 5.95. The van der Waals surface area contributed by atoms with Crippen LogP contribution in [0.4, 0.5) is 16.2 Å². The van der Waals surface area contributed by atoms with Gasteiger partial charge >= 0.3 is 6.03 Å². The van der Waals surface area contributed by atoms with Gasteiger partial charge < -0.3 is 26.4 Å². The minimum Gasteiger partial charge on any atom is -0.495 e. The van der Waals surface area contributed by atoms with Gasteiger partial charge in [-0.05, 0) is 31.0 Å². The Hall–Kier alpha value is -2.28. The number of ether oxygens (including phenoxy) is 1. The van der Waals surface area contributed by atoms with Gasteiger partial charge in [-0.15, -0.1) is 0 Å². The van der Waals surface area contributed by atoms with Crippen LogP contribution in [-0.4, -0.2) is 31.6 Å². The molecular formula is C16H24N4O3. The zero-order chi connectivity index (χ0) is 16.7. The van der Waals surface area contributed by atoms with Gasteiger partial charge in [0.1, 0.15) is 5.75 Å². The molecule has 0 saturated heterocycles. The number of amides is 3. The molecule has 5 N–H and O–H groups in total. The zero-order valence-electron chi connectivity index (χ0n) is 13.4. The Morgan fingerprint density at radius 1 is 1.22 bits per heavy atom. The molecule has 3 amide bonds. The van der Waals surface area contributed by atoms with E-state index in [0.717, 1.165) is 25.7 Å². The fourth-order valence-corrected chi connectivity index (χ4v) is 2.68. The smallest absolute Gasteiger partial charge is 0.319 e. The number of benzene rings is 1. The lowest BCUT2D eigenvalue weighted by molar-refractivity contribution is -0.114. The molecule has 0 unspecified atom stereocenters. The van der Waals surface area contributed by atoms with Crippen LogP contribution in [0.15, 0.2) is 18.2 Å². The first-order valence-electron chi connectivity index (χ1n) is 7.88. The van der Waals surface area contributed by atoms with Crippen molar-refractivity contribution in [1.29, 1.82) is 0 Å². The number of rotatable bonds is 5. The van der Waals surface area contributed by atoms with Crippen molar-refractivity contribution < 1.29 is 14.3 Å². The first kappa shape index (κ1) is 17.1. The monoisotopic (exact) mass is 320 g/mol. The number of carbonyl (C=O) groups excluding carboxylic acids is 2. The van der Waals surface area contributed by atoms with Crippen molar-refractivity contribution >= 4 is 23.3 Å². The Morgan fingerprint density at radius 2 is 1.96 bits per heavy atom. The highest BCUT2D eigenvalue weighted by Crippen LogP contribution is 2.27. The van der Waals surface area contributed by atoms with E-state index in [1.165, 1.54) is 13.5 Å². The summed E-state index contributed by atoms with van der Waals surface area (Å²) in [5.41, 5.74) is 6.35. The number of nitrogens with two attached hydrogens (primary N) is 1. The molecule has 126 valence electrons. The van der Waals surface area contributed by atoms with Gasteiger partial charge in [-0.1, -0.05) is 19.3 Å². The number of carbonyl (C=O) groups is 2. The fourth-order valence-electron chi connectivity index (χ4n) is 2.68. The van der Waals surface area contributed by atoms with Crippen molar-refractivity contribution in [2.24, 2.45) is 5.73 Å². The largest absolute Gasteiger partial charge is 0.495 e. The molecule has 7 heteroatoms. The topological polar surface area (TPSA) is 105 Å². The fraction of sp³-hybridized carbons (Fsp3) is 0.500. The van der Waals surface area contributed by atoms with Gasteiger partial charge in [0.25, 0.3) is 0 Å². The Morgan fingerprint density at radius 3 is 2.61 bits per heavy atom. The summed E-state index contributed by atoms with van der Waals surface area (Å²) >= 11 is 0. The molecule has 0 spiro atoms. The van der Waals surface area contributed by atoms with E-state index in [2.05, 4.69) is 16.0 Å². The van der Waals surface area contributed by atoms with Crippen LogP contribution in [0.3, 0.4) is 0 Å². The van der Waals surface area contributed by atoms with E-state index in [1.807, 2.05) is 0 Å². The quantitative estimate of drug-likeness (QED) is 0.666. The average molecular weight is 320 g/mol. The van der Waals surface area contributed by atoms with Crippen LogP contribution in [-0.2, 0) is 4.79 Å². The normalized spacial score (nSPS) is 14.9. The maximum atomic E-state index is 12.1. The molecule has 1 saturated carbocycles. The number of nitrogens with one attached hydrogen (secondary N) is 3. The number of hydrogen-bond acceptors (Lipinski definition) is 4. The number of anilines is 2. The molecule has 2 rings (SSSR count). The van der Waals surface area contributed by atoms with Crippen molar-refractivity contribution in [2.45, 2.75) is 38.1 Å². The second-order valence-electron chi connectivity index (χ2n) is 5.60. The van der Waals surface area contributed by atoms with Crippen molar-refractivity contribution in [3.63, 3.8) is 0 Å². The van der Waals surface area contributed by atoms with E-state index in [-0.39, 0.29) is 24.5 Å². The average Bonchev–Trinajstić information content (AvgIpc) is 2.56. The van der Waals surface area contributed by atoms with Crippen LogP contribution >= 0.6 is 0 Å². The lowest BCUT2D eigenvalue weighted by Gasteiger charge is -2.23. The molecule has 0 radical (unpaired) electrons. The van der Waals surface area contributed by atoms with Crippen LogP contribution in [0.1, 0.15) is 32.1 Å². The highest BCUT2D eigenvalue weighted by atomic mass is 16.5. The zero-order valence-corrected chi connectivity index (χ0v) is 13.4. The van der Waals surface area contributed by atoms with Crippen molar-refractivity contribution in [1.82, 2.24) is 5.32 Å². The molecule has 1 fully saturated rings. The molecule has 0 bridgehead atoms. The molecule has 1 aromatic rings. The Kier molecular flexibility index (Phi) is 6.22. The summed E-state index contributed by atoms with van der Waals surface area (Å²) in [6, 6.07) is 5.05. The predicted molar refractivity (Wildman–Crippen MR) is 89.7 cm³/mol. The minimum atomic E-state index is -0.327. The standard InChI is InChI=1S/C16H24N4O3/c1-23-14-8-7-12(9-13(14)20-15(21)10-17)19-16(22)18-11-5-3-2-4-6-11/h7-9,11H,2-6,10,17H2,1H3,(H,20,21)(H2,18,19,22). The number of methoxy groups -OCH3 is 1. The predicted octanol–water partition coefficient (Wildman–Crippen LogP) is 2.05. The maximum Gasteiger partial charge on any atom is 0.319 e. The third-order valence-electron chi connectivity index (χ3n) is 3.86. The maximum absolute atomic E-state index is 12.1. The lowest BCUT2D eigenvalue weighted by Crippen LogP contribution is -2.39. The summed E-state index contributed by atoms with van der Waals surface area (Å²) in [4.78, 5) is 23.5. The highest BCUT2D eigenvalue weighted by Gasteiger charge is 2.16. The van der Waals surface area contributed by atoms with Crippen LogP contribution in [0.5, 0.6) is 5.75 Å². The summed E-state index contributed by atoms with van der Waals surface area (Å²) < 4.78 is 5.19. The van der Waals surface area contributed by atoms with Gasteiger partial charge in [0.05, 0.1) is 19.3 Å². The van der Waals surface area contributed by atoms with Crippen LogP contribution in [0.25, 0.3) is 0 Å². The molecule has 7 nitrogen and oxygen atoms in total. The summed E-state index contributed by atoms with van der Waals surface area (Å²) in [6.07, 6.45) is 5.59.